The van der Waals surface area contributed by atoms with Gasteiger partial charge >= 0.3 is 0 Å². The van der Waals surface area contributed by atoms with Gasteiger partial charge in [-0.2, -0.15) is 0 Å². The highest BCUT2D eigenvalue weighted by atomic mass is 35.5. The second-order valence-corrected chi connectivity index (χ2v) is 6.13. The summed E-state index contributed by atoms with van der Waals surface area (Å²) in [4.78, 5) is 3.74. The van der Waals surface area contributed by atoms with Gasteiger partial charge in [0.25, 0.3) is 0 Å². The van der Waals surface area contributed by atoms with Gasteiger partial charge in [-0.3, -0.25) is 4.90 Å². The molecule has 0 amide bonds. The maximum absolute atomic E-state index is 5.88. The molecule has 3 nitrogen and oxygen atoms in total. The van der Waals surface area contributed by atoms with E-state index in [1.807, 2.05) is 6.07 Å². The van der Waals surface area contributed by atoms with Crippen LogP contribution in [0.5, 0.6) is 0 Å². The number of hydrogen-bond donors (Lipinski definition) is 1. The molecule has 0 aliphatic carbocycles. The number of hydrogen-bond acceptors (Lipinski definition) is 4. The summed E-state index contributed by atoms with van der Waals surface area (Å²) >= 11 is 7.52. The van der Waals surface area contributed by atoms with E-state index in [4.69, 9.17) is 16.3 Å². The topological polar surface area (TPSA) is 24.5 Å². The van der Waals surface area contributed by atoms with Crippen LogP contribution < -0.4 is 5.32 Å². The summed E-state index contributed by atoms with van der Waals surface area (Å²) in [7, 11) is 1.80. The van der Waals surface area contributed by atoms with Crippen LogP contribution in [0.2, 0.25) is 4.34 Å². The Morgan fingerprint density at radius 3 is 3.12 bits per heavy atom. The molecule has 1 aromatic heterocycles. The number of halogens is 1. The molecule has 1 aliphatic rings. The monoisotopic (exact) mass is 274 g/mol. The predicted octanol–water partition coefficient (Wildman–Crippen LogP) is 2.21. The molecule has 1 fully saturated rings. The van der Waals surface area contributed by atoms with E-state index in [0.717, 1.165) is 43.5 Å². The van der Waals surface area contributed by atoms with Crippen molar-refractivity contribution in [1.82, 2.24) is 10.2 Å². The highest BCUT2D eigenvalue weighted by Crippen LogP contribution is 2.20. The Bertz CT molecular complexity index is 345. The van der Waals surface area contributed by atoms with Gasteiger partial charge in [-0.15, -0.1) is 11.3 Å². The molecular formula is C12H19ClN2OS. The first-order chi connectivity index (χ1) is 8.28. The first-order valence-electron chi connectivity index (χ1n) is 5.98. The third-order valence-corrected chi connectivity index (χ3v) is 4.33. The van der Waals surface area contributed by atoms with Crippen LogP contribution in [-0.4, -0.2) is 44.3 Å². The van der Waals surface area contributed by atoms with Crippen LogP contribution in [-0.2, 0) is 11.3 Å². The summed E-state index contributed by atoms with van der Waals surface area (Å²) in [5.74, 6) is 0. The Morgan fingerprint density at radius 2 is 2.47 bits per heavy atom. The van der Waals surface area contributed by atoms with Crippen molar-refractivity contribution in [1.29, 1.82) is 0 Å². The molecule has 0 aromatic carbocycles. The van der Waals surface area contributed by atoms with Gasteiger partial charge in [0.2, 0.25) is 0 Å². The summed E-state index contributed by atoms with van der Waals surface area (Å²) < 4.78 is 6.21. The molecule has 0 spiro atoms. The predicted molar refractivity (Wildman–Crippen MR) is 72.9 cm³/mol. The van der Waals surface area contributed by atoms with E-state index in [9.17, 15) is 0 Å². The van der Waals surface area contributed by atoms with E-state index in [2.05, 4.69) is 16.3 Å². The fraction of sp³-hybridized carbons (Fsp3) is 0.667. The van der Waals surface area contributed by atoms with E-state index in [1.54, 1.807) is 18.4 Å². The van der Waals surface area contributed by atoms with E-state index < -0.39 is 0 Å². The van der Waals surface area contributed by atoms with Crippen molar-refractivity contribution in [3.63, 3.8) is 0 Å². The van der Waals surface area contributed by atoms with E-state index >= 15 is 0 Å². The molecule has 5 heteroatoms. The molecule has 0 bridgehead atoms. The van der Waals surface area contributed by atoms with Crippen molar-refractivity contribution in [3.8, 4) is 0 Å². The third-order valence-electron chi connectivity index (χ3n) is 3.10. The lowest BCUT2D eigenvalue weighted by Crippen LogP contribution is -2.31. The minimum Gasteiger partial charge on any atom is -0.380 e. The molecule has 96 valence electrons. The molecule has 1 unspecified atom stereocenters. The van der Waals surface area contributed by atoms with Crippen LogP contribution in [0.25, 0.3) is 0 Å². The smallest absolute Gasteiger partial charge is 0.0931 e. The number of nitrogens with one attached hydrogen (secondary N) is 1. The summed E-state index contributed by atoms with van der Waals surface area (Å²) in [6, 6.07) is 4.03. The van der Waals surface area contributed by atoms with Crippen molar-refractivity contribution in [3.05, 3.63) is 21.3 Å². The number of methoxy groups -OCH3 is 1. The Hall–Kier alpha value is -0.130. The van der Waals surface area contributed by atoms with Crippen LogP contribution >= 0.6 is 22.9 Å². The zero-order chi connectivity index (χ0) is 12.1. The van der Waals surface area contributed by atoms with Crippen LogP contribution in [0.1, 0.15) is 11.3 Å². The third kappa shape index (κ3) is 4.23. The van der Waals surface area contributed by atoms with E-state index in [1.165, 1.54) is 4.88 Å². The molecule has 1 aromatic rings. The SMILES string of the molecule is COC1CCN(CCNCc2ccc(Cl)s2)C1. The van der Waals surface area contributed by atoms with Gasteiger partial charge in [-0.05, 0) is 18.6 Å². The first kappa shape index (κ1) is 13.3. The molecule has 2 rings (SSSR count). The highest BCUT2D eigenvalue weighted by molar-refractivity contribution is 7.16. The molecule has 1 saturated heterocycles. The van der Waals surface area contributed by atoms with Gasteiger partial charge in [-0.1, -0.05) is 11.6 Å². The van der Waals surface area contributed by atoms with Crippen LogP contribution in [0, 0.1) is 0 Å². The van der Waals surface area contributed by atoms with Crippen molar-refractivity contribution in [2.45, 2.75) is 19.1 Å². The van der Waals surface area contributed by atoms with Crippen LogP contribution in [0.4, 0.5) is 0 Å². The highest BCUT2D eigenvalue weighted by Gasteiger charge is 2.20. The summed E-state index contributed by atoms with van der Waals surface area (Å²) in [6.07, 6.45) is 1.60. The standard InChI is InChI=1S/C12H19ClN2OS/c1-16-10-4-6-15(9-10)7-5-14-8-11-2-3-12(13)17-11/h2-3,10,14H,4-9H2,1H3. The fourth-order valence-corrected chi connectivity index (χ4v) is 3.15. The van der Waals surface area contributed by atoms with Crippen molar-refractivity contribution >= 4 is 22.9 Å². The second kappa shape index (κ2) is 6.71. The summed E-state index contributed by atoms with van der Waals surface area (Å²) in [5.41, 5.74) is 0. The quantitative estimate of drug-likeness (QED) is 0.805. The minimum atomic E-state index is 0.436. The Kier molecular flexibility index (Phi) is 5.25. The van der Waals surface area contributed by atoms with Gasteiger partial charge in [0.15, 0.2) is 0 Å². The molecule has 2 heterocycles. The molecule has 17 heavy (non-hydrogen) atoms. The summed E-state index contributed by atoms with van der Waals surface area (Å²) in [6.45, 7) is 5.26. The Balaban J connectivity index is 1.57. The number of ether oxygens (including phenoxy) is 1. The van der Waals surface area contributed by atoms with Crippen LogP contribution in [0.3, 0.4) is 0 Å². The molecule has 1 atom stereocenters. The van der Waals surface area contributed by atoms with Gasteiger partial charge in [0, 0.05) is 44.7 Å². The van der Waals surface area contributed by atoms with Gasteiger partial charge in [0.1, 0.15) is 0 Å². The first-order valence-corrected chi connectivity index (χ1v) is 7.17. The zero-order valence-corrected chi connectivity index (χ0v) is 11.7. The fourth-order valence-electron chi connectivity index (χ4n) is 2.09. The van der Waals surface area contributed by atoms with Crippen molar-refractivity contribution in [2.75, 3.05) is 33.3 Å². The number of thiophene rings is 1. The molecule has 0 radical (unpaired) electrons. The lowest BCUT2D eigenvalue weighted by atomic mass is 10.3. The second-order valence-electron chi connectivity index (χ2n) is 4.33. The minimum absolute atomic E-state index is 0.436. The van der Waals surface area contributed by atoms with E-state index in [0.29, 0.717) is 6.10 Å². The largest absolute Gasteiger partial charge is 0.380 e. The zero-order valence-electron chi connectivity index (χ0n) is 10.1. The van der Waals surface area contributed by atoms with E-state index in [-0.39, 0.29) is 0 Å². The molecular weight excluding hydrogens is 256 g/mol. The normalized spacial score (nSPS) is 21.2. The molecule has 1 aliphatic heterocycles. The number of likely N-dealkylation sites (tertiary alicyclic amines) is 1. The van der Waals surface area contributed by atoms with Gasteiger partial charge < -0.3 is 10.1 Å². The van der Waals surface area contributed by atoms with Crippen molar-refractivity contribution < 1.29 is 4.74 Å². The number of nitrogens with zero attached hydrogens (tertiary/aromatic N) is 1. The lowest BCUT2D eigenvalue weighted by Gasteiger charge is -2.15. The maximum Gasteiger partial charge on any atom is 0.0931 e. The average Bonchev–Trinajstić information content (AvgIpc) is 2.93. The van der Waals surface area contributed by atoms with Gasteiger partial charge in [-0.25, -0.2) is 0 Å². The Morgan fingerprint density at radius 1 is 1.59 bits per heavy atom. The maximum atomic E-state index is 5.88. The lowest BCUT2D eigenvalue weighted by molar-refractivity contribution is 0.108. The van der Waals surface area contributed by atoms with Gasteiger partial charge in [0.05, 0.1) is 10.4 Å². The molecule has 1 N–H and O–H groups in total. The molecule has 0 saturated carbocycles. The Labute approximate surface area is 112 Å². The van der Waals surface area contributed by atoms with Crippen molar-refractivity contribution in [2.24, 2.45) is 0 Å². The summed E-state index contributed by atoms with van der Waals surface area (Å²) in [5, 5.41) is 3.44. The number of rotatable bonds is 6. The average molecular weight is 275 g/mol. The van der Waals surface area contributed by atoms with Crippen LogP contribution in [0.15, 0.2) is 12.1 Å².